The van der Waals surface area contributed by atoms with Crippen LogP contribution in [-0.2, 0) is 16.1 Å². The first kappa shape index (κ1) is 17.7. The number of thiophene rings is 1. The third-order valence-corrected chi connectivity index (χ3v) is 5.04. The number of rotatable bonds is 7. The summed E-state index contributed by atoms with van der Waals surface area (Å²) in [7, 11) is 1.75. The van der Waals surface area contributed by atoms with E-state index in [1.807, 2.05) is 17.5 Å². The number of carboxylic acid groups (broad SMARTS) is 1. The number of carbonyl (C=O) groups is 2. The van der Waals surface area contributed by atoms with Crippen LogP contribution < -0.4 is 5.32 Å². The van der Waals surface area contributed by atoms with E-state index in [9.17, 15) is 14.7 Å². The molecule has 1 aromatic heterocycles. The van der Waals surface area contributed by atoms with E-state index >= 15 is 0 Å². The Morgan fingerprint density at radius 2 is 1.95 bits per heavy atom. The molecule has 5 nitrogen and oxygen atoms in total. The molecule has 1 heterocycles. The molecule has 0 spiro atoms. The molecule has 118 valence electrons. The van der Waals surface area contributed by atoms with E-state index < -0.39 is 16.9 Å². The third kappa shape index (κ3) is 4.28. The number of nitrogens with one attached hydrogen (secondary N) is 1. The Kier molecular flexibility index (Phi) is 5.53. The van der Waals surface area contributed by atoms with Gasteiger partial charge in [0.05, 0.1) is 18.5 Å². The van der Waals surface area contributed by atoms with Crippen molar-refractivity contribution >= 4 is 23.2 Å². The van der Waals surface area contributed by atoms with Crippen molar-refractivity contribution in [3.05, 3.63) is 22.4 Å². The van der Waals surface area contributed by atoms with E-state index in [4.69, 9.17) is 0 Å². The van der Waals surface area contributed by atoms with Gasteiger partial charge in [0.25, 0.3) is 0 Å². The van der Waals surface area contributed by atoms with Crippen LogP contribution in [0.3, 0.4) is 0 Å². The number of nitrogens with zero attached hydrogens (tertiary/aromatic N) is 1. The summed E-state index contributed by atoms with van der Waals surface area (Å²) >= 11 is 1.61. The van der Waals surface area contributed by atoms with E-state index in [0.29, 0.717) is 6.54 Å². The largest absolute Gasteiger partial charge is 0.481 e. The van der Waals surface area contributed by atoms with Crippen LogP contribution in [0.25, 0.3) is 0 Å². The number of likely N-dealkylation sites (N-methyl/N-ethyl adjacent to an activating group) is 1. The van der Waals surface area contributed by atoms with Gasteiger partial charge >= 0.3 is 5.97 Å². The highest BCUT2D eigenvalue weighted by Gasteiger charge is 2.43. The molecule has 1 rings (SSSR count). The molecule has 2 N–H and O–H groups in total. The molecule has 0 saturated heterocycles. The Labute approximate surface area is 130 Å². The lowest BCUT2D eigenvalue weighted by Crippen LogP contribution is -2.57. The van der Waals surface area contributed by atoms with Crippen LogP contribution in [0.4, 0.5) is 0 Å². The zero-order valence-corrected chi connectivity index (χ0v) is 14.1. The van der Waals surface area contributed by atoms with Gasteiger partial charge in [-0.1, -0.05) is 6.07 Å². The average Bonchev–Trinajstić information content (AvgIpc) is 2.88. The van der Waals surface area contributed by atoms with Crippen LogP contribution >= 0.6 is 11.3 Å². The van der Waals surface area contributed by atoms with Crippen molar-refractivity contribution in [2.75, 3.05) is 13.6 Å². The minimum atomic E-state index is -0.973. The van der Waals surface area contributed by atoms with Crippen molar-refractivity contribution in [3.63, 3.8) is 0 Å². The van der Waals surface area contributed by atoms with Crippen LogP contribution in [0.5, 0.6) is 0 Å². The second-order valence-electron chi connectivity index (χ2n) is 6.24. The molecule has 0 aromatic carbocycles. The van der Waals surface area contributed by atoms with Crippen molar-refractivity contribution in [3.8, 4) is 0 Å². The van der Waals surface area contributed by atoms with E-state index in [2.05, 4.69) is 5.32 Å². The highest BCUT2D eigenvalue weighted by atomic mass is 32.1. The van der Waals surface area contributed by atoms with E-state index in [0.717, 1.165) is 4.88 Å². The Morgan fingerprint density at radius 1 is 1.33 bits per heavy atom. The van der Waals surface area contributed by atoms with E-state index in [1.165, 1.54) is 0 Å². The zero-order chi connectivity index (χ0) is 16.3. The molecule has 0 aliphatic carbocycles. The van der Waals surface area contributed by atoms with E-state index in [-0.39, 0.29) is 12.5 Å². The molecule has 0 aliphatic rings. The van der Waals surface area contributed by atoms with Crippen LogP contribution in [0.15, 0.2) is 17.5 Å². The summed E-state index contributed by atoms with van der Waals surface area (Å²) in [6.45, 7) is 7.60. The number of aliphatic carboxylic acids is 1. The topological polar surface area (TPSA) is 69.6 Å². The normalized spacial score (nSPS) is 12.2. The molecule has 1 amide bonds. The number of carboxylic acids is 1. The first-order valence-electron chi connectivity index (χ1n) is 6.82. The third-order valence-electron chi connectivity index (χ3n) is 4.18. The molecule has 0 fully saturated rings. The molecule has 0 bridgehead atoms. The summed E-state index contributed by atoms with van der Waals surface area (Å²) in [6.07, 6.45) is 0. The highest BCUT2D eigenvalue weighted by molar-refractivity contribution is 7.09. The average molecular weight is 312 g/mol. The summed E-state index contributed by atoms with van der Waals surface area (Å²) in [5.74, 6) is -0.947. The second kappa shape index (κ2) is 6.58. The summed E-state index contributed by atoms with van der Waals surface area (Å²) in [5, 5.41) is 14.3. The lowest BCUT2D eigenvalue weighted by Gasteiger charge is -2.39. The Balaban J connectivity index is 2.57. The fourth-order valence-corrected chi connectivity index (χ4v) is 2.40. The predicted octanol–water partition coefficient (Wildman–Crippen LogP) is 2.19. The van der Waals surface area contributed by atoms with Crippen molar-refractivity contribution in [2.45, 2.75) is 39.8 Å². The number of carbonyl (C=O) groups excluding carboxylic acids is 1. The molecular weight excluding hydrogens is 288 g/mol. The van der Waals surface area contributed by atoms with Gasteiger partial charge < -0.3 is 15.3 Å². The van der Waals surface area contributed by atoms with Gasteiger partial charge in [-0.3, -0.25) is 9.59 Å². The van der Waals surface area contributed by atoms with Crippen molar-refractivity contribution in [2.24, 2.45) is 5.41 Å². The quantitative estimate of drug-likeness (QED) is 0.810. The zero-order valence-electron chi connectivity index (χ0n) is 13.3. The number of hydrogen-bond donors (Lipinski definition) is 2. The van der Waals surface area contributed by atoms with E-state index in [1.54, 1.807) is 51.0 Å². The molecule has 21 heavy (non-hydrogen) atoms. The summed E-state index contributed by atoms with van der Waals surface area (Å²) in [4.78, 5) is 26.2. The number of hydrogen-bond acceptors (Lipinski definition) is 4. The molecule has 0 radical (unpaired) electrons. The molecule has 0 atom stereocenters. The molecular formula is C15H24N2O3S. The fraction of sp³-hybridized carbons (Fsp3) is 0.600. The Bertz CT molecular complexity index is 495. The summed E-state index contributed by atoms with van der Waals surface area (Å²) < 4.78 is 0. The smallest absolute Gasteiger partial charge is 0.310 e. The van der Waals surface area contributed by atoms with Crippen molar-refractivity contribution in [1.29, 1.82) is 0 Å². The maximum Gasteiger partial charge on any atom is 0.310 e. The van der Waals surface area contributed by atoms with Gasteiger partial charge in [-0.05, 0) is 39.1 Å². The van der Waals surface area contributed by atoms with Crippen LogP contribution in [0.2, 0.25) is 0 Å². The highest BCUT2D eigenvalue weighted by Crippen LogP contribution is 2.30. The van der Waals surface area contributed by atoms with Crippen molar-refractivity contribution < 1.29 is 14.7 Å². The van der Waals surface area contributed by atoms with Gasteiger partial charge in [-0.2, -0.15) is 0 Å². The van der Waals surface area contributed by atoms with Crippen LogP contribution in [0.1, 0.15) is 32.6 Å². The van der Waals surface area contributed by atoms with Gasteiger partial charge in [0.15, 0.2) is 0 Å². The van der Waals surface area contributed by atoms with Crippen molar-refractivity contribution in [1.82, 2.24) is 10.2 Å². The SMILES string of the molecule is CN(Cc1cccs1)C(=O)CNC(C)(C)C(C)(C)C(=O)O. The Morgan fingerprint density at radius 3 is 2.43 bits per heavy atom. The first-order valence-corrected chi connectivity index (χ1v) is 7.70. The summed E-state index contributed by atoms with van der Waals surface area (Å²) in [5.41, 5.74) is -1.67. The lowest BCUT2D eigenvalue weighted by atomic mass is 9.74. The predicted molar refractivity (Wildman–Crippen MR) is 84.3 cm³/mol. The lowest BCUT2D eigenvalue weighted by molar-refractivity contribution is -0.151. The molecule has 0 saturated carbocycles. The minimum Gasteiger partial charge on any atom is -0.481 e. The maximum absolute atomic E-state index is 12.1. The summed E-state index contributed by atoms with van der Waals surface area (Å²) in [6, 6.07) is 3.94. The van der Waals surface area contributed by atoms with Gasteiger partial charge in [0.2, 0.25) is 5.91 Å². The van der Waals surface area contributed by atoms with Crippen LogP contribution in [-0.4, -0.2) is 41.0 Å². The molecule has 6 heteroatoms. The first-order chi connectivity index (χ1) is 9.58. The Hall–Kier alpha value is -1.40. The maximum atomic E-state index is 12.1. The van der Waals surface area contributed by atoms with Gasteiger partial charge in [0.1, 0.15) is 0 Å². The second-order valence-corrected chi connectivity index (χ2v) is 7.27. The number of amides is 1. The fourth-order valence-electron chi connectivity index (χ4n) is 1.64. The van der Waals surface area contributed by atoms with Crippen LogP contribution in [0, 0.1) is 5.41 Å². The molecule has 1 aromatic rings. The standard InChI is InChI=1S/C15H24N2O3S/c1-14(2,13(19)20)15(3,4)16-9-12(18)17(5)10-11-7-6-8-21-11/h6-8,16H,9-10H2,1-5H3,(H,19,20). The monoisotopic (exact) mass is 312 g/mol. The van der Waals surface area contributed by atoms with Gasteiger partial charge in [-0.15, -0.1) is 11.3 Å². The van der Waals surface area contributed by atoms with Gasteiger partial charge in [-0.25, -0.2) is 0 Å². The minimum absolute atomic E-state index is 0.0577. The molecule has 0 unspecified atom stereocenters. The molecule has 0 aliphatic heterocycles. The van der Waals surface area contributed by atoms with Gasteiger partial charge in [0, 0.05) is 17.5 Å².